The Labute approximate surface area is 96.0 Å². The zero-order valence-electron chi connectivity index (χ0n) is 10.0. The average molecular weight is 222 g/mol. The minimum atomic E-state index is 0.238. The minimum absolute atomic E-state index is 0.238. The van der Waals surface area contributed by atoms with Crippen molar-refractivity contribution in [3.8, 4) is 11.5 Å². The number of nitrogens with zero attached hydrogens (tertiary/aromatic N) is 1. The van der Waals surface area contributed by atoms with Crippen LogP contribution in [-0.4, -0.2) is 31.8 Å². The van der Waals surface area contributed by atoms with Gasteiger partial charge in [0, 0.05) is 11.1 Å². The van der Waals surface area contributed by atoms with E-state index in [2.05, 4.69) is 10.3 Å². The van der Waals surface area contributed by atoms with Crippen LogP contribution in [0, 0.1) is 0 Å². The molecule has 1 heterocycles. The lowest BCUT2D eigenvalue weighted by Gasteiger charge is -2.18. The van der Waals surface area contributed by atoms with E-state index in [0.29, 0.717) is 0 Å². The third-order valence-electron chi connectivity index (χ3n) is 3.32. The van der Waals surface area contributed by atoms with Crippen molar-refractivity contribution in [2.75, 3.05) is 21.3 Å². The number of nitrogens with one attached hydrogen (secondary N) is 1. The van der Waals surface area contributed by atoms with Crippen molar-refractivity contribution in [3.63, 3.8) is 0 Å². The summed E-state index contributed by atoms with van der Waals surface area (Å²) in [6, 6.07) is 0. The molecule has 0 atom stereocenters. The molecule has 0 unspecified atom stereocenters. The van der Waals surface area contributed by atoms with Crippen LogP contribution in [0.5, 0.6) is 11.5 Å². The van der Waals surface area contributed by atoms with Crippen LogP contribution in [-0.2, 0) is 6.42 Å². The first-order valence-corrected chi connectivity index (χ1v) is 5.48. The van der Waals surface area contributed by atoms with E-state index in [-0.39, 0.29) is 5.54 Å². The molecule has 0 aliphatic heterocycles. The van der Waals surface area contributed by atoms with Crippen LogP contribution in [0.4, 0.5) is 0 Å². The molecule has 0 aromatic carbocycles. The quantitative estimate of drug-likeness (QED) is 0.817. The van der Waals surface area contributed by atoms with Crippen LogP contribution in [0.3, 0.4) is 0 Å². The van der Waals surface area contributed by atoms with Crippen LogP contribution in [0.1, 0.15) is 18.4 Å². The van der Waals surface area contributed by atoms with Gasteiger partial charge in [-0.25, -0.2) is 0 Å². The maximum Gasteiger partial charge on any atom is 0.144 e. The van der Waals surface area contributed by atoms with E-state index in [1.54, 1.807) is 26.6 Å². The van der Waals surface area contributed by atoms with E-state index in [4.69, 9.17) is 9.47 Å². The van der Waals surface area contributed by atoms with Crippen LogP contribution < -0.4 is 14.8 Å². The lowest BCUT2D eigenvalue weighted by atomic mass is 10.0. The molecule has 88 valence electrons. The normalized spacial score (nSPS) is 16.9. The number of hydrogen-bond acceptors (Lipinski definition) is 4. The standard InChI is InChI=1S/C12H18N2O2/c1-13-12(4-5-12)6-9-10(15-2)7-14-8-11(9)16-3/h7-8,13H,4-6H2,1-3H3. The molecule has 4 nitrogen and oxygen atoms in total. The van der Waals surface area contributed by atoms with E-state index in [0.717, 1.165) is 23.5 Å². The number of ether oxygens (including phenoxy) is 2. The summed E-state index contributed by atoms with van der Waals surface area (Å²) in [6.07, 6.45) is 6.82. The van der Waals surface area contributed by atoms with Crippen molar-refractivity contribution < 1.29 is 9.47 Å². The number of pyridine rings is 1. The third kappa shape index (κ3) is 1.97. The summed E-state index contributed by atoms with van der Waals surface area (Å²) in [4.78, 5) is 4.09. The first kappa shape index (κ1) is 11.2. The van der Waals surface area contributed by atoms with Crippen LogP contribution in [0.25, 0.3) is 0 Å². The monoisotopic (exact) mass is 222 g/mol. The fraction of sp³-hybridized carbons (Fsp3) is 0.583. The summed E-state index contributed by atoms with van der Waals surface area (Å²) in [5.41, 5.74) is 1.34. The Morgan fingerprint density at radius 1 is 1.25 bits per heavy atom. The first-order valence-electron chi connectivity index (χ1n) is 5.48. The zero-order valence-corrected chi connectivity index (χ0v) is 10.0. The second kappa shape index (κ2) is 4.29. The van der Waals surface area contributed by atoms with Gasteiger partial charge in [-0.1, -0.05) is 0 Å². The van der Waals surface area contributed by atoms with Crippen molar-refractivity contribution in [2.45, 2.75) is 24.8 Å². The Morgan fingerprint density at radius 2 is 1.81 bits per heavy atom. The summed E-state index contributed by atoms with van der Waals surface area (Å²) in [7, 11) is 5.34. The van der Waals surface area contributed by atoms with Gasteiger partial charge in [0.1, 0.15) is 11.5 Å². The van der Waals surface area contributed by atoms with Crippen LogP contribution in [0.15, 0.2) is 12.4 Å². The average Bonchev–Trinajstić information content (AvgIpc) is 3.10. The van der Waals surface area contributed by atoms with Crippen molar-refractivity contribution in [1.82, 2.24) is 10.3 Å². The predicted molar refractivity (Wildman–Crippen MR) is 62.1 cm³/mol. The van der Waals surface area contributed by atoms with Gasteiger partial charge >= 0.3 is 0 Å². The van der Waals surface area contributed by atoms with Gasteiger partial charge in [0.05, 0.1) is 26.6 Å². The van der Waals surface area contributed by atoms with Crippen molar-refractivity contribution in [1.29, 1.82) is 0 Å². The van der Waals surface area contributed by atoms with Crippen LogP contribution in [0.2, 0.25) is 0 Å². The maximum absolute atomic E-state index is 5.34. The molecule has 0 amide bonds. The van der Waals surface area contributed by atoms with Gasteiger partial charge in [-0.2, -0.15) is 0 Å². The zero-order chi connectivity index (χ0) is 11.6. The summed E-state index contributed by atoms with van der Waals surface area (Å²) in [6.45, 7) is 0. The molecule has 1 aromatic rings. The molecule has 1 fully saturated rings. The van der Waals surface area contributed by atoms with Crippen molar-refractivity contribution in [3.05, 3.63) is 18.0 Å². The highest BCUT2D eigenvalue weighted by Crippen LogP contribution is 2.42. The van der Waals surface area contributed by atoms with Gasteiger partial charge in [-0.3, -0.25) is 4.98 Å². The highest BCUT2D eigenvalue weighted by atomic mass is 16.5. The molecule has 2 rings (SSSR count). The van der Waals surface area contributed by atoms with E-state index in [9.17, 15) is 0 Å². The number of methoxy groups -OCH3 is 2. The highest BCUT2D eigenvalue weighted by Gasteiger charge is 2.42. The molecular weight excluding hydrogens is 204 g/mol. The molecule has 0 saturated heterocycles. The Bertz CT molecular complexity index is 353. The van der Waals surface area contributed by atoms with Gasteiger partial charge < -0.3 is 14.8 Å². The Hall–Kier alpha value is -1.29. The van der Waals surface area contributed by atoms with E-state index >= 15 is 0 Å². The lowest BCUT2D eigenvalue weighted by Crippen LogP contribution is -2.30. The summed E-state index contributed by atoms with van der Waals surface area (Å²) >= 11 is 0. The Balaban J connectivity index is 2.29. The van der Waals surface area contributed by atoms with E-state index in [1.165, 1.54) is 12.8 Å². The molecule has 1 N–H and O–H groups in total. The molecule has 1 aliphatic rings. The second-order valence-electron chi connectivity index (χ2n) is 4.23. The molecule has 0 radical (unpaired) electrons. The predicted octanol–water partition coefficient (Wildman–Crippen LogP) is 1.39. The number of rotatable bonds is 5. The van der Waals surface area contributed by atoms with Gasteiger partial charge in [-0.05, 0) is 26.3 Å². The summed E-state index contributed by atoms with van der Waals surface area (Å²) in [5.74, 6) is 1.61. The largest absolute Gasteiger partial charge is 0.495 e. The first-order chi connectivity index (χ1) is 7.74. The van der Waals surface area contributed by atoms with Crippen molar-refractivity contribution >= 4 is 0 Å². The Kier molecular flexibility index (Phi) is 3.01. The molecule has 0 bridgehead atoms. The fourth-order valence-corrected chi connectivity index (χ4v) is 1.98. The molecule has 0 spiro atoms. The lowest BCUT2D eigenvalue weighted by molar-refractivity contribution is 0.375. The van der Waals surface area contributed by atoms with Gasteiger partial charge in [0.2, 0.25) is 0 Å². The van der Waals surface area contributed by atoms with Gasteiger partial charge in [0.15, 0.2) is 0 Å². The van der Waals surface area contributed by atoms with E-state index in [1.807, 2.05) is 7.05 Å². The van der Waals surface area contributed by atoms with Crippen molar-refractivity contribution in [2.24, 2.45) is 0 Å². The fourth-order valence-electron chi connectivity index (χ4n) is 1.98. The molecule has 1 aliphatic carbocycles. The summed E-state index contributed by atoms with van der Waals surface area (Å²) in [5, 5.41) is 3.37. The maximum atomic E-state index is 5.34. The molecule has 1 aromatic heterocycles. The third-order valence-corrected chi connectivity index (χ3v) is 3.32. The highest BCUT2D eigenvalue weighted by molar-refractivity contribution is 5.43. The Morgan fingerprint density at radius 3 is 2.19 bits per heavy atom. The number of hydrogen-bond donors (Lipinski definition) is 1. The van der Waals surface area contributed by atoms with Gasteiger partial charge in [-0.15, -0.1) is 0 Å². The molecule has 1 saturated carbocycles. The van der Waals surface area contributed by atoms with Gasteiger partial charge in [0.25, 0.3) is 0 Å². The number of aromatic nitrogens is 1. The minimum Gasteiger partial charge on any atom is -0.495 e. The second-order valence-corrected chi connectivity index (χ2v) is 4.23. The smallest absolute Gasteiger partial charge is 0.144 e. The molecular formula is C12H18N2O2. The topological polar surface area (TPSA) is 43.4 Å². The molecule has 4 heteroatoms. The SMILES string of the molecule is CNC1(Cc2c(OC)cncc2OC)CC1. The number of likely N-dealkylation sites (N-methyl/N-ethyl adjacent to an activating group) is 1. The summed E-state index contributed by atoms with van der Waals surface area (Å²) < 4.78 is 10.7. The van der Waals surface area contributed by atoms with Crippen LogP contribution >= 0.6 is 0 Å². The van der Waals surface area contributed by atoms with E-state index < -0.39 is 0 Å². The molecule has 16 heavy (non-hydrogen) atoms.